The molecule has 2 aromatic rings. The average molecular weight is 405 g/mol. The minimum Gasteiger partial charge on any atom is -0.258 e. The lowest BCUT2D eigenvalue weighted by molar-refractivity contribution is -0.281. The van der Waals surface area contributed by atoms with Crippen LogP contribution >= 0.6 is 11.8 Å². The monoisotopic (exact) mass is 405 g/mol. The standard InChI is InChI=1S/C14H11F8N3S/c1-2-26-10-5-8(25-4-3-11(24-25)13(17,18)19)7-23-9(10)6-12(15,16)14(20,21)22/h3-5,7H,2,6H2,1H3. The van der Waals surface area contributed by atoms with Crippen molar-refractivity contribution in [3.05, 3.63) is 35.9 Å². The van der Waals surface area contributed by atoms with E-state index in [-0.39, 0.29) is 10.6 Å². The van der Waals surface area contributed by atoms with E-state index in [1.807, 2.05) is 0 Å². The number of pyridine rings is 1. The third-order valence-corrected chi connectivity index (χ3v) is 4.12. The molecule has 0 aromatic carbocycles. The number of hydrogen-bond donors (Lipinski definition) is 0. The molecular formula is C14H11F8N3S. The highest BCUT2D eigenvalue weighted by atomic mass is 32.2. The van der Waals surface area contributed by atoms with Gasteiger partial charge in [-0.25, -0.2) is 4.68 Å². The first-order chi connectivity index (χ1) is 11.8. The Morgan fingerprint density at radius 2 is 1.73 bits per heavy atom. The molecule has 0 N–H and O–H groups in total. The molecule has 12 heteroatoms. The van der Waals surface area contributed by atoms with Crippen LogP contribution in [0.1, 0.15) is 18.3 Å². The van der Waals surface area contributed by atoms with Crippen molar-refractivity contribution in [1.29, 1.82) is 0 Å². The number of aromatic nitrogens is 3. The van der Waals surface area contributed by atoms with Crippen LogP contribution in [0.25, 0.3) is 5.69 Å². The van der Waals surface area contributed by atoms with Crippen LogP contribution in [0.15, 0.2) is 29.4 Å². The molecule has 0 saturated carbocycles. The summed E-state index contributed by atoms with van der Waals surface area (Å²) < 4.78 is 102. The fourth-order valence-corrected chi connectivity index (χ4v) is 2.74. The van der Waals surface area contributed by atoms with Crippen LogP contribution in [-0.4, -0.2) is 32.6 Å². The molecule has 0 unspecified atom stereocenters. The molecule has 26 heavy (non-hydrogen) atoms. The lowest BCUT2D eigenvalue weighted by atomic mass is 10.1. The molecule has 3 nitrogen and oxygen atoms in total. The van der Waals surface area contributed by atoms with E-state index in [0.717, 1.165) is 28.8 Å². The number of rotatable bonds is 5. The number of hydrogen-bond acceptors (Lipinski definition) is 3. The summed E-state index contributed by atoms with van der Waals surface area (Å²) in [5.41, 5.74) is -1.66. The molecule has 0 radical (unpaired) electrons. The third-order valence-electron chi connectivity index (χ3n) is 3.16. The van der Waals surface area contributed by atoms with Crippen LogP contribution in [-0.2, 0) is 12.6 Å². The largest absolute Gasteiger partial charge is 0.453 e. The second-order valence-corrected chi connectivity index (χ2v) is 6.40. The molecule has 0 aliphatic rings. The van der Waals surface area contributed by atoms with Crippen LogP contribution in [0.5, 0.6) is 0 Å². The highest BCUT2D eigenvalue weighted by Gasteiger charge is 2.57. The van der Waals surface area contributed by atoms with Gasteiger partial charge in [0.25, 0.3) is 0 Å². The van der Waals surface area contributed by atoms with Gasteiger partial charge in [-0.1, -0.05) is 6.92 Å². The predicted molar refractivity (Wildman–Crippen MR) is 77.5 cm³/mol. The summed E-state index contributed by atoms with van der Waals surface area (Å²) in [6.07, 6.45) is -10.2. The Balaban J connectivity index is 2.38. The molecule has 0 aliphatic carbocycles. The first-order valence-electron chi connectivity index (χ1n) is 7.04. The van der Waals surface area contributed by atoms with Crippen molar-refractivity contribution in [3.8, 4) is 5.69 Å². The van der Waals surface area contributed by atoms with Crippen LogP contribution in [0, 0.1) is 0 Å². The third kappa shape index (κ3) is 4.46. The van der Waals surface area contributed by atoms with Gasteiger partial charge in [-0.15, -0.1) is 11.8 Å². The second kappa shape index (κ2) is 7.05. The minimum absolute atomic E-state index is 0.00975. The lowest BCUT2D eigenvalue weighted by Gasteiger charge is -2.20. The van der Waals surface area contributed by atoms with Crippen LogP contribution in [0.2, 0.25) is 0 Å². The van der Waals surface area contributed by atoms with Gasteiger partial charge in [0, 0.05) is 11.1 Å². The Hall–Kier alpha value is -1.85. The van der Waals surface area contributed by atoms with Crippen molar-refractivity contribution in [3.63, 3.8) is 0 Å². The average Bonchev–Trinajstić information content (AvgIpc) is 2.98. The Kier molecular flexibility index (Phi) is 5.54. The Bertz CT molecular complexity index is 766. The first-order valence-corrected chi connectivity index (χ1v) is 8.03. The van der Waals surface area contributed by atoms with E-state index in [1.165, 1.54) is 6.07 Å². The topological polar surface area (TPSA) is 30.7 Å². The Morgan fingerprint density at radius 1 is 1.08 bits per heavy atom. The van der Waals surface area contributed by atoms with Crippen LogP contribution in [0.3, 0.4) is 0 Å². The fraction of sp³-hybridized carbons (Fsp3) is 0.429. The van der Waals surface area contributed by atoms with E-state index in [1.54, 1.807) is 6.92 Å². The smallest absolute Gasteiger partial charge is 0.258 e. The Morgan fingerprint density at radius 3 is 2.23 bits per heavy atom. The minimum atomic E-state index is -5.73. The summed E-state index contributed by atoms with van der Waals surface area (Å²) in [5.74, 6) is -4.64. The number of nitrogens with zero attached hydrogens (tertiary/aromatic N) is 3. The van der Waals surface area contributed by atoms with E-state index >= 15 is 0 Å². The number of thioether (sulfide) groups is 1. The van der Waals surface area contributed by atoms with E-state index in [4.69, 9.17) is 0 Å². The zero-order valence-corrected chi connectivity index (χ0v) is 13.8. The lowest BCUT2D eigenvalue weighted by Crippen LogP contribution is -2.38. The summed E-state index contributed by atoms with van der Waals surface area (Å²) in [5, 5.41) is 3.31. The highest BCUT2D eigenvalue weighted by Crippen LogP contribution is 2.39. The van der Waals surface area contributed by atoms with Gasteiger partial charge in [0.05, 0.1) is 24.0 Å². The van der Waals surface area contributed by atoms with Gasteiger partial charge in [0.15, 0.2) is 5.69 Å². The maximum absolute atomic E-state index is 13.3. The molecule has 144 valence electrons. The van der Waals surface area contributed by atoms with Crippen molar-refractivity contribution in [1.82, 2.24) is 14.8 Å². The maximum Gasteiger partial charge on any atom is 0.453 e. The normalized spacial score (nSPS) is 13.3. The summed E-state index contributed by atoms with van der Waals surface area (Å²) in [7, 11) is 0. The molecule has 2 heterocycles. The van der Waals surface area contributed by atoms with Gasteiger partial charge >= 0.3 is 18.3 Å². The number of alkyl halides is 8. The fourth-order valence-electron chi connectivity index (χ4n) is 1.93. The molecule has 0 saturated heterocycles. The predicted octanol–water partition coefficient (Wildman–Crippen LogP) is 5.14. The molecule has 0 bridgehead atoms. The van der Waals surface area contributed by atoms with Crippen LogP contribution < -0.4 is 0 Å². The van der Waals surface area contributed by atoms with Crippen molar-refractivity contribution >= 4 is 11.8 Å². The van der Waals surface area contributed by atoms with Crippen LogP contribution in [0.4, 0.5) is 35.1 Å². The van der Waals surface area contributed by atoms with E-state index in [9.17, 15) is 35.1 Å². The molecule has 0 aliphatic heterocycles. The van der Waals surface area contributed by atoms with Gasteiger partial charge < -0.3 is 0 Å². The zero-order chi connectivity index (χ0) is 19.8. The molecule has 0 spiro atoms. The van der Waals surface area contributed by atoms with Gasteiger partial charge in [-0.3, -0.25) is 4.98 Å². The summed E-state index contributed by atoms with van der Waals surface area (Å²) in [4.78, 5) is 3.61. The first kappa shape index (κ1) is 20.5. The van der Waals surface area contributed by atoms with Gasteiger partial charge in [0.1, 0.15) is 0 Å². The molecule has 2 aromatic heterocycles. The summed E-state index contributed by atoms with van der Waals surface area (Å²) >= 11 is 0.948. The quantitative estimate of drug-likeness (QED) is 0.510. The van der Waals surface area contributed by atoms with Gasteiger partial charge in [-0.2, -0.15) is 40.2 Å². The zero-order valence-electron chi connectivity index (χ0n) is 13.0. The molecule has 0 fully saturated rings. The second-order valence-electron chi connectivity index (χ2n) is 5.09. The van der Waals surface area contributed by atoms with Crippen molar-refractivity contribution in [2.24, 2.45) is 0 Å². The van der Waals surface area contributed by atoms with Crippen molar-refractivity contribution in [2.75, 3.05) is 5.75 Å². The molecule has 0 atom stereocenters. The Labute approximate surface area is 146 Å². The maximum atomic E-state index is 13.3. The molecule has 0 amide bonds. The van der Waals surface area contributed by atoms with Gasteiger partial charge in [-0.05, 0) is 17.9 Å². The van der Waals surface area contributed by atoms with Gasteiger partial charge in [0.2, 0.25) is 0 Å². The van der Waals surface area contributed by atoms with Crippen molar-refractivity contribution in [2.45, 2.75) is 36.5 Å². The van der Waals surface area contributed by atoms with E-state index < -0.39 is 36.1 Å². The molecular weight excluding hydrogens is 394 g/mol. The molecule has 2 rings (SSSR count). The van der Waals surface area contributed by atoms with E-state index in [2.05, 4.69) is 10.1 Å². The SMILES string of the molecule is CCSc1cc(-n2ccc(C(F)(F)F)n2)cnc1CC(F)(F)C(F)(F)F. The van der Waals surface area contributed by atoms with E-state index in [0.29, 0.717) is 11.8 Å². The summed E-state index contributed by atoms with van der Waals surface area (Å²) in [6.45, 7) is 1.64. The highest BCUT2D eigenvalue weighted by molar-refractivity contribution is 7.99. The number of halogens is 8. The summed E-state index contributed by atoms with van der Waals surface area (Å²) in [6, 6.07) is 1.88. The van der Waals surface area contributed by atoms with Crippen molar-refractivity contribution < 1.29 is 35.1 Å².